The number of likely N-dealkylation sites (tertiary alicyclic amines) is 1. The molecule has 0 aliphatic carbocycles. The normalized spacial score (nSPS) is 16.7. The van der Waals surface area contributed by atoms with Gasteiger partial charge in [0.1, 0.15) is 0 Å². The highest BCUT2D eigenvalue weighted by atomic mass is 16.5. The third kappa shape index (κ3) is 2.58. The van der Waals surface area contributed by atoms with Crippen LogP contribution in [-0.2, 0) is 4.79 Å². The van der Waals surface area contributed by atoms with Crippen LogP contribution in [0.2, 0.25) is 0 Å². The summed E-state index contributed by atoms with van der Waals surface area (Å²) in [7, 11) is 1.55. The molecule has 0 aromatic heterocycles. The zero-order chi connectivity index (χ0) is 13.1. The number of piperidine rings is 1. The first-order chi connectivity index (χ1) is 8.61. The summed E-state index contributed by atoms with van der Waals surface area (Å²) in [5.41, 5.74) is 1.17. The van der Waals surface area contributed by atoms with Crippen LogP contribution in [0, 0.1) is 0 Å². The molecule has 1 fully saturated rings. The molecule has 0 bridgehead atoms. The van der Waals surface area contributed by atoms with Crippen molar-refractivity contribution in [1.82, 2.24) is 4.90 Å². The van der Waals surface area contributed by atoms with Gasteiger partial charge in [-0.3, -0.25) is 4.79 Å². The van der Waals surface area contributed by atoms with Crippen molar-refractivity contribution < 1.29 is 14.6 Å². The Morgan fingerprint density at radius 1 is 1.39 bits per heavy atom. The average molecular weight is 249 g/mol. The molecule has 1 aliphatic rings. The Balaban J connectivity index is 2.07. The predicted molar refractivity (Wildman–Crippen MR) is 68.9 cm³/mol. The van der Waals surface area contributed by atoms with Crippen LogP contribution in [0.3, 0.4) is 0 Å². The van der Waals surface area contributed by atoms with Crippen LogP contribution in [0.25, 0.3) is 0 Å². The van der Waals surface area contributed by atoms with Gasteiger partial charge < -0.3 is 14.7 Å². The minimum atomic E-state index is 0.150. The van der Waals surface area contributed by atoms with Crippen molar-refractivity contribution in [3.63, 3.8) is 0 Å². The van der Waals surface area contributed by atoms with Gasteiger partial charge in [-0.2, -0.15) is 0 Å². The van der Waals surface area contributed by atoms with Crippen molar-refractivity contribution in [2.75, 3.05) is 20.2 Å². The number of hydrogen-bond acceptors (Lipinski definition) is 3. The lowest BCUT2D eigenvalue weighted by molar-refractivity contribution is -0.129. The van der Waals surface area contributed by atoms with E-state index in [1.807, 2.05) is 17.0 Å². The van der Waals surface area contributed by atoms with Gasteiger partial charge in [-0.25, -0.2) is 0 Å². The van der Waals surface area contributed by atoms with E-state index < -0.39 is 0 Å². The highest BCUT2D eigenvalue weighted by Crippen LogP contribution is 2.34. The molecule has 1 saturated heterocycles. The molecule has 1 aliphatic heterocycles. The lowest BCUT2D eigenvalue weighted by atomic mass is 9.89. The number of amides is 1. The average Bonchev–Trinajstić information content (AvgIpc) is 2.39. The van der Waals surface area contributed by atoms with Crippen molar-refractivity contribution in [1.29, 1.82) is 0 Å². The maximum absolute atomic E-state index is 11.3. The first kappa shape index (κ1) is 12.7. The van der Waals surface area contributed by atoms with Crippen molar-refractivity contribution in [2.45, 2.75) is 25.7 Å². The number of aromatic hydroxyl groups is 1. The van der Waals surface area contributed by atoms with Crippen LogP contribution in [0.5, 0.6) is 11.5 Å². The summed E-state index contributed by atoms with van der Waals surface area (Å²) in [6, 6.07) is 5.50. The molecule has 1 heterocycles. The zero-order valence-corrected chi connectivity index (χ0v) is 10.8. The van der Waals surface area contributed by atoms with E-state index in [-0.39, 0.29) is 11.7 Å². The molecular formula is C14H19NO3. The Hall–Kier alpha value is -1.71. The monoisotopic (exact) mass is 249 g/mol. The Morgan fingerprint density at radius 2 is 2.06 bits per heavy atom. The van der Waals surface area contributed by atoms with Gasteiger partial charge in [0.2, 0.25) is 5.91 Å². The smallest absolute Gasteiger partial charge is 0.219 e. The molecule has 1 N–H and O–H groups in total. The SMILES string of the molecule is COc1cc(C2CCN(C(C)=O)CC2)ccc1O. The van der Waals surface area contributed by atoms with E-state index in [4.69, 9.17) is 4.74 Å². The molecule has 1 aromatic rings. The highest BCUT2D eigenvalue weighted by Gasteiger charge is 2.22. The summed E-state index contributed by atoms with van der Waals surface area (Å²) in [5, 5.41) is 9.57. The van der Waals surface area contributed by atoms with E-state index in [1.54, 1.807) is 20.1 Å². The first-order valence-corrected chi connectivity index (χ1v) is 6.24. The van der Waals surface area contributed by atoms with Gasteiger partial charge in [0, 0.05) is 20.0 Å². The van der Waals surface area contributed by atoms with E-state index in [9.17, 15) is 9.90 Å². The minimum Gasteiger partial charge on any atom is -0.504 e. The standard InChI is InChI=1S/C14H19NO3/c1-10(16)15-7-5-11(6-8-15)12-3-4-13(17)14(9-12)18-2/h3-4,9,11,17H,5-8H2,1-2H3. The number of carbonyl (C=O) groups excluding carboxylic acids is 1. The van der Waals surface area contributed by atoms with Crippen LogP contribution in [-0.4, -0.2) is 36.1 Å². The molecule has 0 radical (unpaired) electrons. The van der Waals surface area contributed by atoms with Crippen LogP contribution < -0.4 is 4.74 Å². The molecule has 1 amide bonds. The molecule has 4 heteroatoms. The second-order valence-electron chi connectivity index (χ2n) is 4.71. The van der Waals surface area contributed by atoms with Crippen molar-refractivity contribution in [3.8, 4) is 11.5 Å². The van der Waals surface area contributed by atoms with Gasteiger partial charge >= 0.3 is 0 Å². The molecule has 18 heavy (non-hydrogen) atoms. The van der Waals surface area contributed by atoms with Gasteiger partial charge in [-0.05, 0) is 36.5 Å². The van der Waals surface area contributed by atoms with Crippen LogP contribution in [0.15, 0.2) is 18.2 Å². The van der Waals surface area contributed by atoms with Gasteiger partial charge in [-0.1, -0.05) is 6.07 Å². The lowest BCUT2D eigenvalue weighted by Crippen LogP contribution is -2.36. The van der Waals surface area contributed by atoms with Crippen molar-refractivity contribution >= 4 is 5.91 Å². The fourth-order valence-electron chi connectivity index (χ4n) is 2.48. The molecule has 2 rings (SSSR count). The van der Waals surface area contributed by atoms with Crippen LogP contribution >= 0.6 is 0 Å². The number of methoxy groups -OCH3 is 1. The molecule has 4 nitrogen and oxygen atoms in total. The Labute approximate surface area is 107 Å². The van der Waals surface area contributed by atoms with Crippen molar-refractivity contribution in [2.24, 2.45) is 0 Å². The summed E-state index contributed by atoms with van der Waals surface area (Å²) in [6.07, 6.45) is 1.93. The second-order valence-corrected chi connectivity index (χ2v) is 4.71. The molecule has 0 saturated carbocycles. The number of phenols is 1. The Kier molecular flexibility index (Phi) is 3.75. The van der Waals surface area contributed by atoms with Gasteiger partial charge in [0.05, 0.1) is 7.11 Å². The quantitative estimate of drug-likeness (QED) is 0.873. The number of hydrogen-bond donors (Lipinski definition) is 1. The van der Waals surface area contributed by atoms with Gasteiger partial charge in [0.25, 0.3) is 0 Å². The fraction of sp³-hybridized carbons (Fsp3) is 0.500. The summed E-state index contributed by atoms with van der Waals surface area (Å²) in [5.74, 6) is 1.27. The third-order valence-electron chi connectivity index (χ3n) is 3.62. The molecule has 98 valence electrons. The highest BCUT2D eigenvalue weighted by molar-refractivity contribution is 5.73. The van der Waals surface area contributed by atoms with E-state index in [0.717, 1.165) is 25.9 Å². The fourth-order valence-corrected chi connectivity index (χ4v) is 2.48. The summed E-state index contributed by atoms with van der Waals surface area (Å²) < 4.78 is 5.12. The number of ether oxygens (including phenoxy) is 1. The minimum absolute atomic E-state index is 0.150. The number of phenolic OH excluding ortho intramolecular Hbond substituents is 1. The predicted octanol–water partition coefficient (Wildman–Crippen LogP) is 2.13. The molecule has 0 atom stereocenters. The number of benzene rings is 1. The molecular weight excluding hydrogens is 230 g/mol. The Bertz CT molecular complexity index is 437. The maximum Gasteiger partial charge on any atom is 0.219 e. The second kappa shape index (κ2) is 5.29. The van der Waals surface area contributed by atoms with Crippen LogP contribution in [0.4, 0.5) is 0 Å². The Morgan fingerprint density at radius 3 is 2.61 bits per heavy atom. The van der Waals surface area contributed by atoms with E-state index >= 15 is 0 Å². The summed E-state index contributed by atoms with van der Waals surface area (Å²) in [4.78, 5) is 13.1. The van der Waals surface area contributed by atoms with E-state index in [2.05, 4.69) is 0 Å². The molecule has 0 spiro atoms. The van der Waals surface area contributed by atoms with E-state index in [1.165, 1.54) is 5.56 Å². The maximum atomic E-state index is 11.3. The van der Waals surface area contributed by atoms with Gasteiger partial charge in [-0.15, -0.1) is 0 Å². The topological polar surface area (TPSA) is 49.8 Å². The zero-order valence-electron chi connectivity index (χ0n) is 10.8. The number of nitrogens with zero attached hydrogens (tertiary/aromatic N) is 1. The summed E-state index contributed by atoms with van der Waals surface area (Å²) in [6.45, 7) is 3.23. The first-order valence-electron chi connectivity index (χ1n) is 6.24. The largest absolute Gasteiger partial charge is 0.504 e. The summed E-state index contributed by atoms with van der Waals surface area (Å²) >= 11 is 0. The van der Waals surface area contributed by atoms with Gasteiger partial charge in [0.15, 0.2) is 11.5 Å². The number of rotatable bonds is 2. The molecule has 0 unspecified atom stereocenters. The van der Waals surface area contributed by atoms with Crippen LogP contribution in [0.1, 0.15) is 31.2 Å². The third-order valence-corrected chi connectivity index (χ3v) is 3.62. The van der Waals surface area contributed by atoms with E-state index in [0.29, 0.717) is 11.7 Å². The molecule has 1 aromatic carbocycles. The van der Waals surface area contributed by atoms with Crippen molar-refractivity contribution in [3.05, 3.63) is 23.8 Å². The lowest BCUT2D eigenvalue weighted by Gasteiger charge is -2.31. The number of carbonyl (C=O) groups is 1.